The van der Waals surface area contributed by atoms with E-state index in [0.717, 1.165) is 42.4 Å². The van der Waals surface area contributed by atoms with Gasteiger partial charge in [-0.05, 0) is 19.3 Å². The minimum absolute atomic E-state index is 0.145. The van der Waals surface area contributed by atoms with Gasteiger partial charge in [-0.2, -0.15) is 5.10 Å². The Morgan fingerprint density at radius 1 is 1.38 bits per heavy atom. The van der Waals surface area contributed by atoms with Crippen LogP contribution in [0.5, 0.6) is 0 Å². The highest BCUT2D eigenvalue weighted by Crippen LogP contribution is 2.30. The lowest BCUT2D eigenvalue weighted by Crippen LogP contribution is -2.41. The Bertz CT molecular complexity index is 639. The van der Waals surface area contributed by atoms with E-state index in [1.54, 1.807) is 6.20 Å². The van der Waals surface area contributed by atoms with E-state index in [1.165, 1.54) is 7.11 Å². The minimum Gasteiger partial charge on any atom is -0.469 e. The lowest BCUT2D eigenvalue weighted by atomic mass is 9.98. The van der Waals surface area contributed by atoms with Gasteiger partial charge in [0.05, 0.1) is 19.7 Å². The number of hydrogen-bond acceptors (Lipinski definition) is 5. The number of piperidine rings is 1. The molecular weight excluding hydrogens is 266 g/mol. The second kappa shape index (κ2) is 6.08. The number of benzene rings is 1. The summed E-state index contributed by atoms with van der Waals surface area (Å²) in [4.78, 5) is 13.9. The number of aromatic nitrogens is 2. The summed E-state index contributed by atoms with van der Waals surface area (Å²) in [6, 6.07) is 8.24. The zero-order chi connectivity index (χ0) is 14.7. The largest absolute Gasteiger partial charge is 0.469 e. The molecule has 2 heterocycles. The number of carbonyl (C=O) groups excluding carboxylic acids is 1. The van der Waals surface area contributed by atoms with Crippen molar-refractivity contribution < 1.29 is 9.53 Å². The highest BCUT2D eigenvalue weighted by Gasteiger charge is 2.27. The van der Waals surface area contributed by atoms with Crippen LogP contribution in [0.25, 0.3) is 10.8 Å². The van der Waals surface area contributed by atoms with Crippen molar-refractivity contribution in [3.8, 4) is 0 Å². The number of hydrogen-bond donors (Lipinski definition) is 0. The van der Waals surface area contributed by atoms with E-state index in [4.69, 9.17) is 4.74 Å². The maximum atomic E-state index is 11.6. The summed E-state index contributed by atoms with van der Waals surface area (Å²) < 4.78 is 4.82. The second-order valence-electron chi connectivity index (χ2n) is 5.38. The Balaban J connectivity index is 1.96. The second-order valence-corrected chi connectivity index (χ2v) is 5.38. The first-order valence-electron chi connectivity index (χ1n) is 7.33. The van der Waals surface area contributed by atoms with Crippen LogP contribution in [-0.4, -0.2) is 35.9 Å². The SMILES string of the molecule is COC(=O)CC1CCCCN1c1nncc2ccccc12. The summed E-state index contributed by atoms with van der Waals surface area (Å²) in [7, 11) is 1.44. The molecule has 1 unspecified atom stereocenters. The molecule has 1 fully saturated rings. The number of ether oxygens (including phenoxy) is 1. The molecule has 1 aromatic heterocycles. The van der Waals surface area contributed by atoms with Crippen molar-refractivity contribution in [3.63, 3.8) is 0 Å². The van der Waals surface area contributed by atoms with Crippen molar-refractivity contribution in [1.29, 1.82) is 0 Å². The average molecular weight is 285 g/mol. The molecule has 1 saturated heterocycles. The van der Waals surface area contributed by atoms with Gasteiger partial charge in [-0.15, -0.1) is 5.10 Å². The molecule has 0 radical (unpaired) electrons. The van der Waals surface area contributed by atoms with Crippen molar-refractivity contribution in [1.82, 2.24) is 10.2 Å². The van der Waals surface area contributed by atoms with Gasteiger partial charge < -0.3 is 9.64 Å². The zero-order valence-electron chi connectivity index (χ0n) is 12.2. The number of anilines is 1. The summed E-state index contributed by atoms with van der Waals surface area (Å²) in [6.45, 7) is 0.907. The quantitative estimate of drug-likeness (QED) is 0.811. The number of nitrogens with zero attached hydrogens (tertiary/aromatic N) is 3. The first-order chi connectivity index (χ1) is 10.3. The molecule has 0 spiro atoms. The van der Waals surface area contributed by atoms with E-state index in [1.807, 2.05) is 18.2 Å². The van der Waals surface area contributed by atoms with Gasteiger partial charge in [0.2, 0.25) is 0 Å². The fourth-order valence-electron chi connectivity index (χ4n) is 2.99. The summed E-state index contributed by atoms with van der Waals surface area (Å²) in [5, 5.41) is 10.6. The van der Waals surface area contributed by atoms with E-state index >= 15 is 0 Å². The van der Waals surface area contributed by atoms with Gasteiger partial charge in [-0.25, -0.2) is 0 Å². The van der Waals surface area contributed by atoms with Crippen molar-refractivity contribution in [2.75, 3.05) is 18.6 Å². The van der Waals surface area contributed by atoms with Crippen molar-refractivity contribution >= 4 is 22.6 Å². The number of methoxy groups -OCH3 is 1. The summed E-state index contributed by atoms with van der Waals surface area (Å²) in [6.07, 6.45) is 5.42. The molecular formula is C16H19N3O2. The Hall–Kier alpha value is -2.17. The van der Waals surface area contributed by atoms with E-state index in [9.17, 15) is 4.79 Å². The van der Waals surface area contributed by atoms with Crippen molar-refractivity contribution in [2.24, 2.45) is 0 Å². The third kappa shape index (κ3) is 2.82. The molecule has 5 nitrogen and oxygen atoms in total. The predicted molar refractivity (Wildman–Crippen MR) is 81.2 cm³/mol. The van der Waals surface area contributed by atoms with Crippen LogP contribution in [0.1, 0.15) is 25.7 Å². The molecule has 0 bridgehead atoms. The standard InChI is InChI=1S/C16H19N3O2/c1-21-15(20)10-13-7-4-5-9-19(13)16-14-8-3-2-6-12(14)11-17-18-16/h2-3,6,8,11,13H,4-5,7,9-10H2,1H3. The summed E-state index contributed by atoms with van der Waals surface area (Å²) in [5.41, 5.74) is 0. The Kier molecular flexibility index (Phi) is 3.99. The van der Waals surface area contributed by atoms with Crippen LogP contribution in [0.3, 0.4) is 0 Å². The van der Waals surface area contributed by atoms with Crippen molar-refractivity contribution in [2.45, 2.75) is 31.7 Å². The number of fused-ring (bicyclic) bond motifs is 1. The minimum atomic E-state index is -0.167. The molecule has 21 heavy (non-hydrogen) atoms. The average Bonchev–Trinajstić information content (AvgIpc) is 2.55. The number of carbonyl (C=O) groups is 1. The van der Waals surface area contributed by atoms with Crippen LogP contribution in [0.4, 0.5) is 5.82 Å². The van der Waals surface area contributed by atoms with Gasteiger partial charge in [-0.3, -0.25) is 4.79 Å². The summed E-state index contributed by atoms with van der Waals surface area (Å²) in [5.74, 6) is 0.710. The maximum absolute atomic E-state index is 11.6. The van der Waals surface area contributed by atoms with Crippen LogP contribution in [0.15, 0.2) is 30.5 Å². The zero-order valence-corrected chi connectivity index (χ0v) is 12.2. The van der Waals surface area contributed by atoms with Gasteiger partial charge in [0.25, 0.3) is 0 Å². The first kappa shape index (κ1) is 13.8. The lowest BCUT2D eigenvalue weighted by molar-refractivity contribution is -0.141. The highest BCUT2D eigenvalue weighted by molar-refractivity contribution is 5.91. The summed E-state index contributed by atoms with van der Waals surface area (Å²) >= 11 is 0. The van der Waals surface area contributed by atoms with Crippen molar-refractivity contribution in [3.05, 3.63) is 30.5 Å². The van der Waals surface area contributed by atoms with Crippen LogP contribution < -0.4 is 4.90 Å². The molecule has 3 rings (SSSR count). The third-order valence-corrected chi connectivity index (χ3v) is 4.08. The van der Waals surface area contributed by atoms with Gasteiger partial charge in [0.15, 0.2) is 5.82 Å². The molecule has 1 aliphatic rings. The highest BCUT2D eigenvalue weighted by atomic mass is 16.5. The maximum Gasteiger partial charge on any atom is 0.307 e. The van der Waals surface area contributed by atoms with Gasteiger partial charge in [-0.1, -0.05) is 24.3 Å². The molecule has 110 valence electrons. The van der Waals surface area contributed by atoms with Gasteiger partial charge in [0, 0.05) is 23.4 Å². The van der Waals surface area contributed by atoms with E-state index in [-0.39, 0.29) is 12.0 Å². The molecule has 0 N–H and O–H groups in total. The Morgan fingerprint density at radius 2 is 2.24 bits per heavy atom. The molecule has 1 aliphatic heterocycles. The van der Waals surface area contributed by atoms with Gasteiger partial charge in [0.1, 0.15) is 0 Å². The topological polar surface area (TPSA) is 55.3 Å². The third-order valence-electron chi connectivity index (χ3n) is 4.08. The van der Waals surface area contributed by atoms with Crippen LogP contribution in [-0.2, 0) is 9.53 Å². The molecule has 2 aromatic rings. The molecule has 0 amide bonds. The van der Waals surface area contributed by atoms with Gasteiger partial charge >= 0.3 is 5.97 Å². The molecule has 1 atom stereocenters. The Morgan fingerprint density at radius 3 is 3.10 bits per heavy atom. The molecule has 5 heteroatoms. The number of esters is 1. The normalized spacial score (nSPS) is 18.7. The van der Waals surface area contributed by atoms with Crippen LogP contribution in [0.2, 0.25) is 0 Å². The monoisotopic (exact) mass is 285 g/mol. The van der Waals surface area contributed by atoms with E-state index in [2.05, 4.69) is 21.2 Å². The fraction of sp³-hybridized carbons (Fsp3) is 0.438. The molecule has 1 aromatic carbocycles. The Labute approximate surface area is 123 Å². The molecule has 0 aliphatic carbocycles. The van der Waals surface area contributed by atoms with Crippen LogP contribution >= 0.6 is 0 Å². The van der Waals surface area contributed by atoms with E-state index in [0.29, 0.717) is 6.42 Å². The van der Waals surface area contributed by atoms with Crippen LogP contribution in [0, 0.1) is 0 Å². The fourth-order valence-corrected chi connectivity index (χ4v) is 2.99. The smallest absolute Gasteiger partial charge is 0.307 e. The molecule has 0 saturated carbocycles. The first-order valence-corrected chi connectivity index (χ1v) is 7.33. The van der Waals surface area contributed by atoms with E-state index < -0.39 is 0 Å². The number of rotatable bonds is 3. The predicted octanol–water partition coefficient (Wildman–Crippen LogP) is 2.55. The lowest BCUT2D eigenvalue weighted by Gasteiger charge is -2.36.